The van der Waals surface area contributed by atoms with E-state index in [1.165, 1.54) is 6.07 Å². The molecule has 148 valence electrons. The molecular weight excluding hydrogens is 377 g/mol. The van der Waals surface area contributed by atoms with Crippen molar-refractivity contribution in [2.75, 3.05) is 31.1 Å². The minimum Gasteiger partial charge on any atom is -0.424 e. The molecule has 1 saturated heterocycles. The molecule has 0 N–H and O–H groups in total. The molecular formula is C16H17F3N8O. The Hall–Kier alpha value is -2.76. The first-order chi connectivity index (χ1) is 13.5. The number of aromatic nitrogens is 6. The Morgan fingerprint density at radius 2 is 1.79 bits per heavy atom. The fourth-order valence-corrected chi connectivity index (χ4v) is 3.28. The number of anilines is 1. The minimum absolute atomic E-state index is 0.0672. The molecule has 1 saturated carbocycles. The van der Waals surface area contributed by atoms with E-state index in [0.717, 1.165) is 36.3 Å². The van der Waals surface area contributed by atoms with Gasteiger partial charge >= 0.3 is 6.18 Å². The molecule has 0 bridgehead atoms. The van der Waals surface area contributed by atoms with Gasteiger partial charge in [-0.25, -0.2) is 0 Å². The molecule has 28 heavy (non-hydrogen) atoms. The normalized spacial score (nSPS) is 18.9. The third-order valence-electron chi connectivity index (χ3n) is 4.97. The first-order valence-corrected chi connectivity index (χ1v) is 9.06. The molecule has 4 heterocycles. The molecule has 9 nitrogen and oxygen atoms in total. The predicted molar refractivity (Wildman–Crippen MR) is 89.5 cm³/mol. The van der Waals surface area contributed by atoms with E-state index >= 15 is 0 Å². The summed E-state index contributed by atoms with van der Waals surface area (Å²) in [5.41, 5.74) is 0.0672. The second-order valence-corrected chi connectivity index (χ2v) is 7.05. The summed E-state index contributed by atoms with van der Waals surface area (Å²) < 4.78 is 45.5. The molecule has 2 fully saturated rings. The molecule has 0 amide bonds. The molecule has 2 aliphatic rings. The van der Waals surface area contributed by atoms with Crippen LogP contribution >= 0.6 is 0 Å². The molecule has 12 heteroatoms. The summed E-state index contributed by atoms with van der Waals surface area (Å²) in [4.78, 5) is 4.12. The number of fused-ring (bicyclic) bond motifs is 1. The van der Waals surface area contributed by atoms with Crippen LogP contribution in [-0.2, 0) is 12.7 Å². The Morgan fingerprint density at radius 3 is 2.50 bits per heavy atom. The molecule has 3 aromatic heterocycles. The van der Waals surface area contributed by atoms with E-state index in [9.17, 15) is 13.2 Å². The van der Waals surface area contributed by atoms with Crippen LogP contribution in [0.15, 0.2) is 16.5 Å². The van der Waals surface area contributed by atoms with Crippen LogP contribution in [0.4, 0.5) is 19.0 Å². The highest BCUT2D eigenvalue weighted by molar-refractivity contribution is 5.46. The van der Waals surface area contributed by atoms with E-state index in [1.54, 1.807) is 6.07 Å². The lowest BCUT2D eigenvalue weighted by Gasteiger charge is -2.34. The predicted octanol–water partition coefficient (Wildman–Crippen LogP) is 1.73. The number of halogens is 3. The first kappa shape index (κ1) is 17.3. The van der Waals surface area contributed by atoms with Gasteiger partial charge in [-0.15, -0.1) is 25.5 Å². The highest BCUT2D eigenvalue weighted by Gasteiger charge is 2.38. The van der Waals surface area contributed by atoms with Gasteiger partial charge in [-0.1, -0.05) is 0 Å². The molecule has 0 radical (unpaired) electrons. The van der Waals surface area contributed by atoms with Crippen molar-refractivity contribution >= 4 is 11.5 Å². The van der Waals surface area contributed by atoms with Gasteiger partial charge in [0.25, 0.3) is 5.82 Å². The summed E-state index contributed by atoms with van der Waals surface area (Å²) in [6.45, 7) is 3.27. The number of rotatable bonds is 4. The summed E-state index contributed by atoms with van der Waals surface area (Å²) in [5, 5.41) is 19.0. The second-order valence-electron chi connectivity index (χ2n) is 7.05. The van der Waals surface area contributed by atoms with E-state index in [2.05, 4.69) is 30.4 Å². The van der Waals surface area contributed by atoms with Gasteiger partial charge in [-0.3, -0.25) is 4.90 Å². The quantitative estimate of drug-likeness (QED) is 0.661. The monoisotopic (exact) mass is 394 g/mol. The Balaban J connectivity index is 1.25. The summed E-state index contributed by atoms with van der Waals surface area (Å²) in [7, 11) is 0. The lowest BCUT2D eigenvalue weighted by atomic mass is 10.3. The van der Waals surface area contributed by atoms with Gasteiger partial charge in [-0.05, 0) is 25.0 Å². The van der Waals surface area contributed by atoms with Crippen LogP contribution in [0.3, 0.4) is 0 Å². The van der Waals surface area contributed by atoms with Gasteiger partial charge in [0.2, 0.25) is 11.8 Å². The van der Waals surface area contributed by atoms with Crippen molar-refractivity contribution in [1.82, 2.24) is 34.9 Å². The SMILES string of the molecule is FC(F)(F)c1nnc2ccc(N3CCN(Cc4nnc(C5CC5)o4)CC3)nn12. The zero-order chi connectivity index (χ0) is 19.3. The Labute approximate surface area is 157 Å². The third-order valence-corrected chi connectivity index (χ3v) is 4.97. The zero-order valence-corrected chi connectivity index (χ0v) is 14.8. The fourth-order valence-electron chi connectivity index (χ4n) is 3.28. The van der Waals surface area contributed by atoms with Gasteiger partial charge in [0.05, 0.1) is 6.54 Å². The van der Waals surface area contributed by atoms with Gasteiger partial charge in [0.15, 0.2) is 5.65 Å². The Kier molecular flexibility index (Phi) is 3.96. The van der Waals surface area contributed by atoms with Crippen LogP contribution < -0.4 is 4.90 Å². The van der Waals surface area contributed by atoms with Crippen LogP contribution in [0.2, 0.25) is 0 Å². The summed E-state index contributed by atoms with van der Waals surface area (Å²) >= 11 is 0. The van der Waals surface area contributed by atoms with Gasteiger partial charge in [0.1, 0.15) is 5.82 Å². The number of alkyl halides is 3. The van der Waals surface area contributed by atoms with Crippen molar-refractivity contribution in [3.63, 3.8) is 0 Å². The molecule has 3 aromatic rings. The van der Waals surface area contributed by atoms with Crippen molar-refractivity contribution in [2.24, 2.45) is 0 Å². The average Bonchev–Trinajstić information content (AvgIpc) is 3.25. The van der Waals surface area contributed by atoms with Crippen molar-refractivity contribution in [3.8, 4) is 0 Å². The van der Waals surface area contributed by atoms with Gasteiger partial charge in [-0.2, -0.15) is 17.7 Å². The standard InChI is InChI=1S/C16H17F3N8O/c17-16(18,19)15-23-20-11-3-4-12(24-27(11)15)26-7-5-25(6-8-26)9-13-21-22-14(28-13)10-1-2-10/h3-4,10H,1-2,5-9H2. The summed E-state index contributed by atoms with van der Waals surface area (Å²) in [5.74, 6) is 1.10. The lowest BCUT2D eigenvalue weighted by Crippen LogP contribution is -2.46. The highest BCUT2D eigenvalue weighted by atomic mass is 19.4. The van der Waals surface area contributed by atoms with E-state index in [4.69, 9.17) is 4.42 Å². The average molecular weight is 394 g/mol. The molecule has 0 aromatic carbocycles. The molecule has 5 rings (SSSR count). The number of nitrogens with zero attached hydrogens (tertiary/aromatic N) is 8. The van der Waals surface area contributed by atoms with Crippen molar-refractivity contribution in [2.45, 2.75) is 31.5 Å². The second kappa shape index (κ2) is 6.40. The maximum Gasteiger partial charge on any atom is 0.453 e. The fraction of sp³-hybridized carbons (Fsp3) is 0.562. The topological polar surface area (TPSA) is 88.5 Å². The van der Waals surface area contributed by atoms with Crippen molar-refractivity contribution in [3.05, 3.63) is 29.7 Å². The summed E-state index contributed by atoms with van der Waals surface area (Å²) in [6.07, 6.45) is -2.38. The van der Waals surface area contributed by atoms with Crippen LogP contribution in [0, 0.1) is 0 Å². The Bertz CT molecular complexity index is 987. The van der Waals surface area contributed by atoms with Crippen molar-refractivity contribution < 1.29 is 17.6 Å². The maximum absolute atomic E-state index is 13.0. The van der Waals surface area contributed by atoms with Crippen LogP contribution in [0.1, 0.15) is 36.4 Å². The largest absolute Gasteiger partial charge is 0.453 e. The van der Waals surface area contributed by atoms with E-state index < -0.39 is 12.0 Å². The van der Waals surface area contributed by atoms with Crippen molar-refractivity contribution in [1.29, 1.82) is 0 Å². The molecule has 0 spiro atoms. The Morgan fingerprint density at radius 1 is 1.00 bits per heavy atom. The van der Waals surface area contributed by atoms with E-state index in [1.807, 2.05) is 4.90 Å². The zero-order valence-electron chi connectivity index (χ0n) is 14.8. The van der Waals surface area contributed by atoms with Gasteiger partial charge < -0.3 is 9.32 Å². The summed E-state index contributed by atoms with van der Waals surface area (Å²) in [6, 6.07) is 3.16. The number of hydrogen-bond acceptors (Lipinski definition) is 8. The first-order valence-electron chi connectivity index (χ1n) is 9.06. The van der Waals surface area contributed by atoms with Crippen LogP contribution in [0.5, 0.6) is 0 Å². The lowest BCUT2D eigenvalue weighted by molar-refractivity contribution is -0.146. The van der Waals surface area contributed by atoms with Gasteiger partial charge in [0, 0.05) is 32.1 Å². The smallest absolute Gasteiger partial charge is 0.424 e. The molecule has 1 aliphatic heterocycles. The highest BCUT2D eigenvalue weighted by Crippen LogP contribution is 2.39. The molecule has 0 unspecified atom stereocenters. The number of hydrogen-bond donors (Lipinski definition) is 0. The number of piperazine rings is 1. The van der Waals surface area contributed by atoms with E-state index in [-0.39, 0.29) is 5.65 Å². The third kappa shape index (κ3) is 3.28. The van der Waals surface area contributed by atoms with E-state index in [0.29, 0.717) is 37.3 Å². The molecule has 1 aliphatic carbocycles. The van der Waals surface area contributed by atoms with Crippen LogP contribution in [0.25, 0.3) is 5.65 Å². The molecule has 0 atom stereocenters. The van der Waals surface area contributed by atoms with Crippen LogP contribution in [-0.4, -0.2) is 61.1 Å². The maximum atomic E-state index is 13.0. The minimum atomic E-state index is -4.60.